The van der Waals surface area contributed by atoms with Gasteiger partial charge in [0.05, 0.1) is 24.0 Å². The van der Waals surface area contributed by atoms with Gasteiger partial charge in [0.15, 0.2) is 0 Å². The van der Waals surface area contributed by atoms with Gasteiger partial charge in [0.25, 0.3) is 0 Å². The maximum atomic E-state index is 9.88. The number of pyridine rings is 1. The zero-order chi connectivity index (χ0) is 15.1. The summed E-state index contributed by atoms with van der Waals surface area (Å²) in [6.45, 7) is 3.99. The lowest BCUT2D eigenvalue weighted by molar-refractivity contribution is 0.101. The standard InChI is InChI=1S/C17H19N3O/c1-16(2,11-21)17(8-5-9-20-17)15-12-6-3-4-7-14(12)19-10-13(15)18/h3-10,21H,11,18H2,1-2H3. The van der Waals surface area contributed by atoms with Crippen LogP contribution in [0.1, 0.15) is 19.4 Å². The average molecular weight is 281 g/mol. The number of aromatic nitrogens is 1. The monoisotopic (exact) mass is 281 g/mol. The van der Waals surface area contributed by atoms with Gasteiger partial charge in [-0.05, 0) is 12.1 Å². The molecule has 1 aromatic carbocycles. The predicted molar refractivity (Wildman–Crippen MR) is 86.3 cm³/mol. The fourth-order valence-electron chi connectivity index (χ4n) is 2.98. The Hall–Kier alpha value is -2.20. The number of anilines is 1. The van der Waals surface area contributed by atoms with E-state index in [0.717, 1.165) is 16.5 Å². The molecule has 21 heavy (non-hydrogen) atoms. The van der Waals surface area contributed by atoms with Crippen molar-refractivity contribution in [2.75, 3.05) is 12.3 Å². The quantitative estimate of drug-likeness (QED) is 0.908. The van der Waals surface area contributed by atoms with Gasteiger partial charge in [-0.15, -0.1) is 0 Å². The number of allylic oxidation sites excluding steroid dienone is 1. The molecule has 0 aliphatic carbocycles. The average Bonchev–Trinajstić information content (AvgIpc) is 2.98. The highest BCUT2D eigenvalue weighted by molar-refractivity contribution is 5.89. The Kier molecular flexibility index (Phi) is 3.06. The highest BCUT2D eigenvalue weighted by Gasteiger charge is 2.47. The first-order valence-corrected chi connectivity index (χ1v) is 6.99. The van der Waals surface area contributed by atoms with Crippen LogP contribution in [0.2, 0.25) is 0 Å². The number of para-hydroxylation sites is 1. The molecular weight excluding hydrogens is 262 g/mol. The molecule has 0 fully saturated rings. The molecule has 2 aromatic rings. The topological polar surface area (TPSA) is 71.5 Å². The highest BCUT2D eigenvalue weighted by Crippen LogP contribution is 2.49. The van der Waals surface area contributed by atoms with E-state index in [1.807, 2.05) is 50.3 Å². The van der Waals surface area contributed by atoms with Crippen molar-refractivity contribution in [3.8, 4) is 0 Å². The number of nitrogen functional groups attached to an aromatic ring is 1. The van der Waals surface area contributed by atoms with Crippen molar-refractivity contribution in [3.05, 3.63) is 48.2 Å². The molecule has 0 saturated carbocycles. The number of hydrogen-bond acceptors (Lipinski definition) is 4. The Morgan fingerprint density at radius 2 is 2.05 bits per heavy atom. The Morgan fingerprint density at radius 1 is 1.29 bits per heavy atom. The maximum absolute atomic E-state index is 9.88. The number of hydrogen-bond donors (Lipinski definition) is 2. The smallest absolute Gasteiger partial charge is 0.114 e. The van der Waals surface area contributed by atoms with Gasteiger partial charge in [-0.25, -0.2) is 0 Å². The van der Waals surface area contributed by atoms with Crippen molar-refractivity contribution < 1.29 is 5.11 Å². The number of nitrogens with zero attached hydrogens (tertiary/aromatic N) is 2. The summed E-state index contributed by atoms with van der Waals surface area (Å²) in [5, 5.41) is 10.9. The zero-order valence-electron chi connectivity index (χ0n) is 12.2. The Balaban J connectivity index is 2.39. The van der Waals surface area contributed by atoms with Gasteiger partial charge >= 0.3 is 0 Å². The van der Waals surface area contributed by atoms with Crippen LogP contribution in [0.15, 0.2) is 47.6 Å². The van der Waals surface area contributed by atoms with E-state index >= 15 is 0 Å². The molecule has 4 heteroatoms. The molecule has 1 atom stereocenters. The Morgan fingerprint density at radius 3 is 2.71 bits per heavy atom. The molecule has 0 radical (unpaired) electrons. The highest BCUT2D eigenvalue weighted by atomic mass is 16.3. The van der Waals surface area contributed by atoms with Crippen LogP contribution in [-0.4, -0.2) is 22.9 Å². The number of aliphatic imine (C=N–C) groups is 1. The minimum atomic E-state index is -0.672. The Labute approximate surface area is 124 Å². The zero-order valence-corrected chi connectivity index (χ0v) is 12.2. The summed E-state index contributed by atoms with van der Waals surface area (Å²) in [7, 11) is 0. The van der Waals surface area contributed by atoms with Crippen molar-refractivity contribution >= 4 is 22.8 Å². The van der Waals surface area contributed by atoms with Crippen molar-refractivity contribution in [2.45, 2.75) is 19.4 Å². The SMILES string of the molecule is CC(C)(CO)C1(c2c(N)cnc3ccccc23)C=CC=N1. The van der Waals surface area contributed by atoms with E-state index in [1.54, 1.807) is 12.4 Å². The minimum Gasteiger partial charge on any atom is -0.397 e. The molecular formula is C17H19N3O. The third kappa shape index (κ3) is 1.87. The lowest BCUT2D eigenvalue weighted by Gasteiger charge is -2.40. The van der Waals surface area contributed by atoms with Crippen molar-refractivity contribution in [3.63, 3.8) is 0 Å². The molecule has 1 unspecified atom stereocenters. The van der Waals surface area contributed by atoms with Crippen LogP contribution < -0.4 is 5.73 Å². The normalized spacial score (nSPS) is 21.3. The van der Waals surface area contributed by atoms with Gasteiger partial charge < -0.3 is 10.8 Å². The van der Waals surface area contributed by atoms with Crippen LogP contribution >= 0.6 is 0 Å². The second-order valence-electron chi connectivity index (χ2n) is 6.05. The summed E-state index contributed by atoms with van der Waals surface area (Å²) in [4.78, 5) is 9.08. The third-order valence-corrected chi connectivity index (χ3v) is 4.31. The molecule has 0 spiro atoms. The first-order chi connectivity index (χ1) is 10.0. The summed E-state index contributed by atoms with van der Waals surface area (Å²) >= 11 is 0. The molecule has 4 nitrogen and oxygen atoms in total. The lowest BCUT2D eigenvalue weighted by atomic mass is 9.68. The second-order valence-corrected chi connectivity index (χ2v) is 6.05. The summed E-state index contributed by atoms with van der Waals surface area (Å²) in [6.07, 6.45) is 7.37. The summed E-state index contributed by atoms with van der Waals surface area (Å²) < 4.78 is 0. The first-order valence-electron chi connectivity index (χ1n) is 6.99. The lowest BCUT2D eigenvalue weighted by Crippen LogP contribution is -2.41. The van der Waals surface area contributed by atoms with E-state index in [0.29, 0.717) is 5.69 Å². The molecule has 108 valence electrons. The fourth-order valence-corrected chi connectivity index (χ4v) is 2.98. The first kappa shape index (κ1) is 13.8. The van der Waals surface area contributed by atoms with Gasteiger partial charge in [0.2, 0.25) is 0 Å². The number of nitrogens with two attached hydrogens (primary N) is 1. The molecule has 3 N–H and O–H groups in total. The van der Waals surface area contributed by atoms with Crippen LogP contribution in [-0.2, 0) is 5.54 Å². The molecule has 1 aliphatic rings. The molecule has 0 amide bonds. The van der Waals surface area contributed by atoms with Crippen molar-refractivity contribution in [1.82, 2.24) is 4.98 Å². The van der Waals surface area contributed by atoms with Crippen LogP contribution in [0.3, 0.4) is 0 Å². The van der Waals surface area contributed by atoms with E-state index in [2.05, 4.69) is 9.98 Å². The molecule has 1 aliphatic heterocycles. The number of aliphatic hydroxyl groups excluding tert-OH is 1. The fraction of sp³-hybridized carbons (Fsp3) is 0.294. The molecule has 0 bridgehead atoms. The molecule has 3 rings (SSSR count). The van der Waals surface area contributed by atoms with Gasteiger partial charge in [-0.1, -0.05) is 38.1 Å². The Bertz CT molecular complexity index is 735. The summed E-state index contributed by atoms with van der Waals surface area (Å²) in [5.74, 6) is 0. The van der Waals surface area contributed by atoms with Gasteiger partial charge in [-0.2, -0.15) is 0 Å². The van der Waals surface area contributed by atoms with Crippen LogP contribution in [0.25, 0.3) is 10.9 Å². The van der Waals surface area contributed by atoms with E-state index in [-0.39, 0.29) is 6.61 Å². The van der Waals surface area contributed by atoms with E-state index in [9.17, 15) is 5.11 Å². The number of aliphatic hydroxyl groups is 1. The van der Waals surface area contributed by atoms with Gasteiger partial charge in [-0.3, -0.25) is 9.98 Å². The van der Waals surface area contributed by atoms with Crippen molar-refractivity contribution in [1.29, 1.82) is 0 Å². The molecule has 1 aromatic heterocycles. The van der Waals surface area contributed by atoms with Crippen LogP contribution in [0.4, 0.5) is 5.69 Å². The van der Waals surface area contributed by atoms with E-state index in [4.69, 9.17) is 5.73 Å². The maximum Gasteiger partial charge on any atom is 0.114 e. The van der Waals surface area contributed by atoms with Crippen LogP contribution in [0, 0.1) is 5.41 Å². The van der Waals surface area contributed by atoms with Gasteiger partial charge in [0.1, 0.15) is 5.54 Å². The summed E-state index contributed by atoms with van der Waals surface area (Å²) in [6, 6.07) is 7.88. The largest absolute Gasteiger partial charge is 0.397 e. The predicted octanol–water partition coefficient (Wildman–Crippen LogP) is 2.67. The number of fused-ring (bicyclic) bond motifs is 1. The van der Waals surface area contributed by atoms with Crippen LogP contribution in [0.5, 0.6) is 0 Å². The van der Waals surface area contributed by atoms with Gasteiger partial charge in [0, 0.05) is 22.6 Å². The second kappa shape index (κ2) is 4.67. The number of rotatable bonds is 3. The van der Waals surface area contributed by atoms with E-state index in [1.165, 1.54) is 0 Å². The molecule has 2 heterocycles. The summed E-state index contributed by atoms with van der Waals surface area (Å²) in [5.41, 5.74) is 7.49. The van der Waals surface area contributed by atoms with Crippen molar-refractivity contribution in [2.24, 2.45) is 10.4 Å². The number of benzene rings is 1. The third-order valence-electron chi connectivity index (χ3n) is 4.31. The van der Waals surface area contributed by atoms with E-state index < -0.39 is 11.0 Å². The molecule has 0 saturated heterocycles. The minimum absolute atomic E-state index is 0.00473.